The van der Waals surface area contributed by atoms with E-state index in [9.17, 15) is 0 Å². The molecule has 0 aliphatic carbocycles. The predicted molar refractivity (Wildman–Crippen MR) is 84.4 cm³/mol. The molecule has 0 aromatic carbocycles. The van der Waals surface area contributed by atoms with Crippen molar-refractivity contribution in [2.24, 2.45) is 5.92 Å². The van der Waals surface area contributed by atoms with Crippen molar-refractivity contribution >= 4 is 11.6 Å². The molecule has 1 atom stereocenters. The summed E-state index contributed by atoms with van der Waals surface area (Å²) in [6.45, 7) is 9.39. The summed E-state index contributed by atoms with van der Waals surface area (Å²) in [5.41, 5.74) is 1.05. The van der Waals surface area contributed by atoms with Crippen LogP contribution in [-0.2, 0) is 0 Å². The number of rotatable bonds is 8. The summed E-state index contributed by atoms with van der Waals surface area (Å²) in [5, 5.41) is 15.5. The monoisotopic (exact) mass is 280 g/mol. The summed E-state index contributed by atoms with van der Waals surface area (Å²) in [5.74, 6) is 3.31. The average molecular weight is 280 g/mol. The molecule has 20 heavy (non-hydrogen) atoms. The molecule has 5 nitrogen and oxygen atoms in total. The van der Waals surface area contributed by atoms with E-state index in [0.29, 0.717) is 11.8 Å². The van der Waals surface area contributed by atoms with Crippen molar-refractivity contribution in [1.29, 1.82) is 0 Å². The summed E-state index contributed by atoms with van der Waals surface area (Å²) in [7, 11) is 1.88. The van der Waals surface area contributed by atoms with E-state index in [1.165, 1.54) is 0 Å². The maximum absolute atomic E-state index is 9.01. The molecule has 114 valence electrons. The molecule has 1 rings (SSSR count). The normalized spacial score (nSPS) is 12.6. The van der Waals surface area contributed by atoms with Gasteiger partial charge in [0.25, 0.3) is 0 Å². The molecule has 0 bridgehead atoms. The van der Waals surface area contributed by atoms with Crippen molar-refractivity contribution in [2.75, 3.05) is 30.8 Å². The molecule has 1 heterocycles. The van der Waals surface area contributed by atoms with Gasteiger partial charge in [-0.3, -0.25) is 0 Å². The minimum Gasteiger partial charge on any atom is -0.396 e. The van der Waals surface area contributed by atoms with E-state index in [-0.39, 0.29) is 6.61 Å². The van der Waals surface area contributed by atoms with Crippen LogP contribution in [-0.4, -0.2) is 35.3 Å². The van der Waals surface area contributed by atoms with Crippen molar-refractivity contribution in [3.63, 3.8) is 0 Å². The Morgan fingerprint density at radius 1 is 1.15 bits per heavy atom. The average Bonchev–Trinajstić information content (AvgIpc) is 2.44. The highest BCUT2D eigenvalue weighted by Crippen LogP contribution is 2.22. The Labute approximate surface area is 122 Å². The smallest absolute Gasteiger partial charge is 0.135 e. The molecule has 5 heteroatoms. The Morgan fingerprint density at radius 2 is 1.80 bits per heavy atom. The molecule has 0 radical (unpaired) electrons. The maximum atomic E-state index is 9.01. The number of nitrogens with one attached hydrogen (secondary N) is 2. The van der Waals surface area contributed by atoms with E-state index in [1.54, 1.807) is 0 Å². The van der Waals surface area contributed by atoms with Crippen LogP contribution in [0.15, 0.2) is 0 Å². The van der Waals surface area contributed by atoms with Crippen LogP contribution in [0.2, 0.25) is 0 Å². The van der Waals surface area contributed by atoms with Gasteiger partial charge in [-0.25, -0.2) is 9.97 Å². The van der Waals surface area contributed by atoms with Crippen molar-refractivity contribution in [3.8, 4) is 0 Å². The fourth-order valence-corrected chi connectivity index (χ4v) is 1.96. The Bertz CT molecular complexity index is 421. The van der Waals surface area contributed by atoms with Gasteiger partial charge in [0.2, 0.25) is 0 Å². The SMILES string of the molecule is CNc1nc(C(C)C)nc(NCCCC(C)CO)c1C. The maximum Gasteiger partial charge on any atom is 0.135 e. The molecule has 0 amide bonds. The van der Waals surface area contributed by atoms with E-state index < -0.39 is 0 Å². The van der Waals surface area contributed by atoms with Gasteiger partial charge >= 0.3 is 0 Å². The lowest BCUT2D eigenvalue weighted by atomic mass is 10.1. The van der Waals surface area contributed by atoms with Crippen molar-refractivity contribution in [2.45, 2.75) is 46.5 Å². The van der Waals surface area contributed by atoms with Crippen LogP contribution in [0, 0.1) is 12.8 Å². The second-order valence-electron chi connectivity index (χ2n) is 5.67. The number of aliphatic hydroxyl groups is 1. The number of hydrogen-bond acceptors (Lipinski definition) is 5. The Balaban J connectivity index is 2.70. The third kappa shape index (κ3) is 4.63. The molecule has 3 N–H and O–H groups in total. The highest BCUT2D eigenvalue weighted by atomic mass is 16.3. The molecule has 1 aromatic heterocycles. The Kier molecular flexibility index (Phi) is 6.71. The lowest BCUT2D eigenvalue weighted by Crippen LogP contribution is -2.12. The third-order valence-corrected chi connectivity index (χ3v) is 3.39. The molecule has 1 aromatic rings. The lowest BCUT2D eigenvalue weighted by molar-refractivity contribution is 0.229. The van der Waals surface area contributed by atoms with Crippen LogP contribution >= 0.6 is 0 Å². The molecule has 0 aliphatic heterocycles. The van der Waals surface area contributed by atoms with Crippen LogP contribution in [0.3, 0.4) is 0 Å². The Morgan fingerprint density at radius 3 is 2.35 bits per heavy atom. The third-order valence-electron chi connectivity index (χ3n) is 3.39. The van der Waals surface area contributed by atoms with Crippen LogP contribution in [0.4, 0.5) is 11.6 Å². The summed E-state index contributed by atoms with van der Waals surface area (Å²) in [6.07, 6.45) is 2.04. The fraction of sp³-hybridized carbons (Fsp3) is 0.733. The molecule has 1 unspecified atom stereocenters. The topological polar surface area (TPSA) is 70.1 Å². The lowest BCUT2D eigenvalue weighted by Gasteiger charge is -2.15. The van der Waals surface area contributed by atoms with Gasteiger partial charge in [0.15, 0.2) is 0 Å². The zero-order valence-electron chi connectivity index (χ0n) is 13.3. The van der Waals surface area contributed by atoms with Crippen molar-refractivity contribution < 1.29 is 5.11 Å². The number of anilines is 2. The summed E-state index contributed by atoms with van der Waals surface area (Å²) < 4.78 is 0. The fourth-order valence-electron chi connectivity index (χ4n) is 1.96. The predicted octanol–water partition coefficient (Wildman–Crippen LogP) is 2.77. The number of hydrogen-bond donors (Lipinski definition) is 3. The van der Waals surface area contributed by atoms with Gasteiger partial charge < -0.3 is 15.7 Å². The standard InChI is InChI=1S/C15H28N4O/c1-10(2)13-18-14(16-5)12(4)15(19-13)17-8-6-7-11(3)9-20/h10-11,20H,6-9H2,1-5H3,(H2,16,17,18,19). The molecular weight excluding hydrogens is 252 g/mol. The second kappa shape index (κ2) is 8.04. The van der Waals surface area contributed by atoms with Crippen LogP contribution in [0.25, 0.3) is 0 Å². The first-order valence-corrected chi connectivity index (χ1v) is 7.40. The Hall–Kier alpha value is -1.36. The number of aromatic nitrogens is 2. The first-order chi connectivity index (χ1) is 9.49. The number of aliphatic hydroxyl groups excluding tert-OH is 1. The van der Waals surface area contributed by atoms with Gasteiger partial charge in [-0.15, -0.1) is 0 Å². The van der Waals surface area contributed by atoms with Gasteiger partial charge in [-0.05, 0) is 25.7 Å². The molecule has 0 saturated heterocycles. The van der Waals surface area contributed by atoms with Crippen LogP contribution in [0.5, 0.6) is 0 Å². The van der Waals surface area contributed by atoms with Crippen molar-refractivity contribution in [3.05, 3.63) is 11.4 Å². The zero-order chi connectivity index (χ0) is 15.1. The summed E-state index contributed by atoms with van der Waals surface area (Å²) in [6, 6.07) is 0. The number of nitrogens with zero attached hydrogens (tertiary/aromatic N) is 2. The van der Waals surface area contributed by atoms with Crippen LogP contribution in [0.1, 0.15) is 50.9 Å². The van der Waals surface area contributed by atoms with E-state index >= 15 is 0 Å². The molecule has 0 saturated carbocycles. The van der Waals surface area contributed by atoms with Gasteiger partial charge in [0.05, 0.1) is 0 Å². The van der Waals surface area contributed by atoms with E-state index in [1.807, 2.05) is 14.0 Å². The first kappa shape index (κ1) is 16.7. The second-order valence-corrected chi connectivity index (χ2v) is 5.67. The van der Waals surface area contributed by atoms with Gasteiger partial charge in [-0.2, -0.15) is 0 Å². The minimum atomic E-state index is 0.258. The van der Waals surface area contributed by atoms with Gasteiger partial charge in [0, 0.05) is 31.7 Å². The highest BCUT2D eigenvalue weighted by molar-refractivity contribution is 5.57. The van der Waals surface area contributed by atoms with E-state index in [4.69, 9.17) is 5.11 Å². The van der Waals surface area contributed by atoms with Gasteiger partial charge in [-0.1, -0.05) is 20.8 Å². The first-order valence-electron chi connectivity index (χ1n) is 7.40. The summed E-state index contributed by atoms with van der Waals surface area (Å²) in [4.78, 5) is 9.13. The van der Waals surface area contributed by atoms with E-state index in [0.717, 1.165) is 42.4 Å². The van der Waals surface area contributed by atoms with Crippen molar-refractivity contribution in [1.82, 2.24) is 9.97 Å². The molecule has 0 fully saturated rings. The molecular formula is C15H28N4O. The van der Waals surface area contributed by atoms with Crippen LogP contribution < -0.4 is 10.6 Å². The molecule has 0 aliphatic rings. The van der Waals surface area contributed by atoms with E-state index in [2.05, 4.69) is 41.4 Å². The minimum absolute atomic E-state index is 0.258. The largest absolute Gasteiger partial charge is 0.396 e. The quantitative estimate of drug-likeness (QED) is 0.639. The summed E-state index contributed by atoms with van der Waals surface area (Å²) >= 11 is 0. The zero-order valence-corrected chi connectivity index (χ0v) is 13.3. The van der Waals surface area contributed by atoms with Gasteiger partial charge in [0.1, 0.15) is 17.5 Å². The highest BCUT2D eigenvalue weighted by Gasteiger charge is 2.12. The molecule has 0 spiro atoms.